The Hall–Kier alpha value is -2.82. The van der Waals surface area contributed by atoms with Crippen molar-refractivity contribution >= 4 is 22.4 Å². The van der Waals surface area contributed by atoms with Crippen LogP contribution in [0, 0.1) is 16.0 Å². The molecule has 174 valence electrons. The molecule has 0 aliphatic carbocycles. The highest BCUT2D eigenvalue weighted by atomic mass is 32.2. The van der Waals surface area contributed by atoms with E-state index in [4.69, 9.17) is 4.74 Å². The van der Waals surface area contributed by atoms with Gasteiger partial charge in [0, 0.05) is 18.7 Å². The average molecular weight is 463 g/mol. The Labute approximate surface area is 189 Å². The number of hydrogen-bond acceptors (Lipinski definition) is 7. The monoisotopic (exact) mass is 462 g/mol. The Morgan fingerprint density at radius 1 is 1.09 bits per heavy atom. The molecule has 2 N–H and O–H groups in total. The number of hydrogen-bond donors (Lipinski definition) is 2. The SMILES string of the molecule is C=N[C@@H](Cc1ccc(OC)cc1)[C@@H](CNCC(C)C)NS(=O)(=O)c1ccc([N+](=O)[O-])cc1. The summed E-state index contributed by atoms with van der Waals surface area (Å²) < 4.78 is 33.9. The molecular formula is C22H30N4O5S. The molecule has 0 amide bonds. The van der Waals surface area contributed by atoms with Crippen LogP contribution in [0.1, 0.15) is 19.4 Å². The summed E-state index contributed by atoms with van der Waals surface area (Å²) in [5.74, 6) is 1.12. The molecule has 10 heteroatoms. The van der Waals surface area contributed by atoms with Gasteiger partial charge in [0.25, 0.3) is 5.69 Å². The van der Waals surface area contributed by atoms with Crippen molar-refractivity contribution in [3.05, 3.63) is 64.2 Å². The van der Waals surface area contributed by atoms with Gasteiger partial charge in [0.15, 0.2) is 0 Å². The molecule has 0 radical (unpaired) electrons. The molecule has 0 unspecified atom stereocenters. The maximum atomic E-state index is 13.0. The molecule has 0 saturated carbocycles. The number of rotatable bonds is 13. The number of nitro groups is 1. The first-order valence-corrected chi connectivity index (χ1v) is 11.7. The summed E-state index contributed by atoms with van der Waals surface area (Å²) in [6.07, 6.45) is 0.476. The lowest BCUT2D eigenvalue weighted by Gasteiger charge is -2.26. The lowest BCUT2D eigenvalue weighted by Crippen LogP contribution is -2.49. The first-order valence-electron chi connectivity index (χ1n) is 10.2. The zero-order valence-corrected chi connectivity index (χ0v) is 19.3. The van der Waals surface area contributed by atoms with E-state index in [-0.39, 0.29) is 10.6 Å². The molecule has 2 aromatic rings. The number of ether oxygens (including phenoxy) is 1. The van der Waals surface area contributed by atoms with Crippen LogP contribution in [0.15, 0.2) is 58.4 Å². The summed E-state index contributed by atoms with van der Waals surface area (Å²) >= 11 is 0. The van der Waals surface area contributed by atoms with E-state index >= 15 is 0 Å². The average Bonchev–Trinajstić information content (AvgIpc) is 2.77. The minimum atomic E-state index is -3.93. The van der Waals surface area contributed by atoms with Crippen molar-refractivity contribution in [2.45, 2.75) is 37.2 Å². The third kappa shape index (κ3) is 7.40. The molecule has 0 saturated heterocycles. The molecule has 0 aliphatic heterocycles. The first kappa shape index (κ1) is 25.4. The second-order valence-electron chi connectivity index (χ2n) is 7.83. The Bertz CT molecular complexity index is 992. The van der Waals surface area contributed by atoms with Crippen molar-refractivity contribution in [2.75, 3.05) is 20.2 Å². The van der Waals surface area contributed by atoms with Crippen molar-refractivity contribution in [2.24, 2.45) is 10.9 Å². The Balaban J connectivity index is 2.24. The summed E-state index contributed by atoms with van der Waals surface area (Å²) in [4.78, 5) is 14.4. The van der Waals surface area contributed by atoms with E-state index in [1.807, 2.05) is 24.3 Å². The van der Waals surface area contributed by atoms with Gasteiger partial charge in [0.05, 0.1) is 29.0 Å². The molecular weight excluding hydrogens is 432 g/mol. The van der Waals surface area contributed by atoms with Crippen molar-refractivity contribution in [1.82, 2.24) is 10.0 Å². The van der Waals surface area contributed by atoms with E-state index in [1.165, 1.54) is 24.3 Å². The van der Waals surface area contributed by atoms with E-state index in [0.29, 0.717) is 25.4 Å². The minimum absolute atomic E-state index is 0.0516. The summed E-state index contributed by atoms with van der Waals surface area (Å²) in [6, 6.07) is 11.2. The molecule has 32 heavy (non-hydrogen) atoms. The van der Waals surface area contributed by atoms with Gasteiger partial charge in [-0.3, -0.25) is 15.1 Å². The van der Waals surface area contributed by atoms with Crippen LogP contribution in [0.5, 0.6) is 5.75 Å². The maximum absolute atomic E-state index is 13.0. The molecule has 0 spiro atoms. The maximum Gasteiger partial charge on any atom is 0.269 e. The molecule has 0 bridgehead atoms. The Kier molecular flexibility index (Phi) is 9.30. The van der Waals surface area contributed by atoms with Crippen LogP contribution in [0.25, 0.3) is 0 Å². The Morgan fingerprint density at radius 2 is 1.72 bits per heavy atom. The Morgan fingerprint density at radius 3 is 2.22 bits per heavy atom. The zero-order valence-electron chi connectivity index (χ0n) is 18.5. The summed E-state index contributed by atoms with van der Waals surface area (Å²) in [7, 11) is -2.34. The van der Waals surface area contributed by atoms with Crippen molar-refractivity contribution in [3.63, 3.8) is 0 Å². The van der Waals surface area contributed by atoms with Gasteiger partial charge in [-0.25, -0.2) is 13.1 Å². The third-order valence-electron chi connectivity index (χ3n) is 4.88. The second kappa shape index (κ2) is 11.7. The first-order chi connectivity index (χ1) is 15.2. The fraction of sp³-hybridized carbons (Fsp3) is 0.409. The zero-order chi connectivity index (χ0) is 23.7. The van der Waals surface area contributed by atoms with Crippen LogP contribution in [0.2, 0.25) is 0 Å². The highest BCUT2D eigenvalue weighted by Gasteiger charge is 2.27. The minimum Gasteiger partial charge on any atom is -0.497 e. The lowest BCUT2D eigenvalue weighted by atomic mass is 10.00. The predicted octanol–water partition coefficient (Wildman–Crippen LogP) is 2.81. The van der Waals surface area contributed by atoms with Crippen molar-refractivity contribution < 1.29 is 18.1 Å². The van der Waals surface area contributed by atoms with E-state index in [2.05, 4.69) is 35.6 Å². The smallest absolute Gasteiger partial charge is 0.269 e. The summed E-state index contributed by atoms with van der Waals surface area (Å²) in [5, 5.41) is 14.1. The van der Waals surface area contributed by atoms with Gasteiger partial charge >= 0.3 is 0 Å². The van der Waals surface area contributed by atoms with Crippen molar-refractivity contribution in [3.8, 4) is 5.75 Å². The molecule has 9 nitrogen and oxygen atoms in total. The van der Waals surface area contributed by atoms with Gasteiger partial charge in [0.2, 0.25) is 10.0 Å². The number of methoxy groups -OCH3 is 1. The van der Waals surface area contributed by atoms with Gasteiger partial charge < -0.3 is 10.1 Å². The number of nitro benzene ring substituents is 1. The van der Waals surface area contributed by atoms with Crippen LogP contribution in [-0.4, -0.2) is 52.3 Å². The molecule has 0 aliphatic rings. The van der Waals surface area contributed by atoms with Gasteiger partial charge in [-0.15, -0.1) is 0 Å². The topological polar surface area (TPSA) is 123 Å². The van der Waals surface area contributed by atoms with E-state index < -0.39 is 27.0 Å². The van der Waals surface area contributed by atoms with E-state index in [9.17, 15) is 18.5 Å². The predicted molar refractivity (Wildman–Crippen MR) is 125 cm³/mol. The van der Waals surface area contributed by atoms with Gasteiger partial charge in [-0.1, -0.05) is 26.0 Å². The lowest BCUT2D eigenvalue weighted by molar-refractivity contribution is -0.384. The highest BCUT2D eigenvalue weighted by Crippen LogP contribution is 2.18. The van der Waals surface area contributed by atoms with Gasteiger partial charge in [-0.05, 0) is 55.4 Å². The molecule has 0 aromatic heterocycles. The molecule has 2 rings (SSSR count). The van der Waals surface area contributed by atoms with Gasteiger partial charge in [0.1, 0.15) is 5.75 Å². The summed E-state index contributed by atoms with van der Waals surface area (Å²) in [5.41, 5.74) is 0.788. The number of nitrogens with one attached hydrogen (secondary N) is 2. The molecule has 0 heterocycles. The van der Waals surface area contributed by atoms with Crippen LogP contribution < -0.4 is 14.8 Å². The van der Waals surface area contributed by atoms with Crippen LogP contribution in [0.3, 0.4) is 0 Å². The van der Waals surface area contributed by atoms with E-state index in [0.717, 1.165) is 11.3 Å². The number of sulfonamides is 1. The normalized spacial score (nSPS) is 13.5. The molecule has 2 atom stereocenters. The molecule has 2 aromatic carbocycles. The number of non-ortho nitro benzene ring substituents is 1. The highest BCUT2D eigenvalue weighted by molar-refractivity contribution is 7.89. The fourth-order valence-electron chi connectivity index (χ4n) is 3.14. The number of benzene rings is 2. The van der Waals surface area contributed by atoms with Crippen LogP contribution in [0.4, 0.5) is 5.69 Å². The third-order valence-corrected chi connectivity index (χ3v) is 6.39. The molecule has 0 fully saturated rings. The number of nitrogens with zero attached hydrogens (tertiary/aromatic N) is 2. The largest absolute Gasteiger partial charge is 0.497 e. The fourth-order valence-corrected chi connectivity index (χ4v) is 4.40. The standard InChI is InChI=1S/C22H30N4O5S/c1-16(2)14-24-15-22(21(23-3)13-17-5-9-19(31-4)10-6-17)25-32(29,30)20-11-7-18(8-12-20)26(27)28/h5-12,16,21-22,24-25H,3,13-15H2,1-2,4H3/t21-,22+/m0/s1. The summed E-state index contributed by atoms with van der Waals surface area (Å²) in [6.45, 7) is 8.86. The van der Waals surface area contributed by atoms with Crippen LogP contribution >= 0.6 is 0 Å². The second-order valence-corrected chi connectivity index (χ2v) is 9.55. The van der Waals surface area contributed by atoms with Crippen molar-refractivity contribution in [1.29, 1.82) is 0 Å². The van der Waals surface area contributed by atoms with Crippen LogP contribution in [-0.2, 0) is 16.4 Å². The van der Waals surface area contributed by atoms with E-state index in [1.54, 1.807) is 7.11 Å². The number of aliphatic imine (C=N–C) groups is 1. The quantitative estimate of drug-likeness (QED) is 0.268. The van der Waals surface area contributed by atoms with Gasteiger partial charge in [-0.2, -0.15) is 0 Å².